The minimum atomic E-state index is -0.628. The standard InChI is InChI=1S/C22H25N3O5/c1-28-18-12-16(13-19(29-2)21(18)30-14-20(23)26)22(27)24-9-5-10-25-11-8-15-6-3-4-7-17(15)25/h3-4,6-8,11-13H,5,9-10,14H2,1-2H3,(H2,23,26)(H,24,27). The molecule has 3 aromatic rings. The summed E-state index contributed by atoms with van der Waals surface area (Å²) in [5.74, 6) is -0.115. The maximum absolute atomic E-state index is 12.6. The summed E-state index contributed by atoms with van der Waals surface area (Å²) in [5.41, 5.74) is 6.66. The molecule has 0 unspecified atom stereocenters. The Labute approximate surface area is 174 Å². The molecule has 158 valence electrons. The number of methoxy groups -OCH3 is 2. The Bertz CT molecular complexity index is 1020. The van der Waals surface area contributed by atoms with Gasteiger partial charge in [-0.1, -0.05) is 18.2 Å². The van der Waals surface area contributed by atoms with Crippen LogP contribution in [0.5, 0.6) is 17.2 Å². The second kappa shape index (κ2) is 9.69. The first-order chi connectivity index (χ1) is 14.5. The molecule has 0 radical (unpaired) electrons. The number of carbonyl (C=O) groups excluding carboxylic acids is 2. The van der Waals surface area contributed by atoms with Gasteiger partial charge in [0.05, 0.1) is 14.2 Å². The van der Waals surface area contributed by atoms with E-state index in [9.17, 15) is 9.59 Å². The van der Waals surface area contributed by atoms with Gasteiger partial charge in [0.15, 0.2) is 18.1 Å². The largest absolute Gasteiger partial charge is 0.493 e. The number of hydrogen-bond donors (Lipinski definition) is 2. The molecule has 3 rings (SSSR count). The van der Waals surface area contributed by atoms with Crippen molar-refractivity contribution < 1.29 is 23.8 Å². The van der Waals surface area contributed by atoms with Crippen LogP contribution < -0.4 is 25.3 Å². The lowest BCUT2D eigenvalue weighted by atomic mass is 10.1. The van der Waals surface area contributed by atoms with Crippen molar-refractivity contribution in [1.29, 1.82) is 0 Å². The zero-order chi connectivity index (χ0) is 21.5. The van der Waals surface area contributed by atoms with E-state index >= 15 is 0 Å². The van der Waals surface area contributed by atoms with E-state index in [1.54, 1.807) is 0 Å². The minimum absolute atomic E-state index is 0.217. The number of ether oxygens (including phenoxy) is 3. The number of nitrogens with one attached hydrogen (secondary N) is 1. The van der Waals surface area contributed by atoms with E-state index in [1.807, 2.05) is 18.3 Å². The topological polar surface area (TPSA) is 105 Å². The van der Waals surface area contributed by atoms with Gasteiger partial charge < -0.3 is 29.8 Å². The Hall–Kier alpha value is -3.68. The summed E-state index contributed by atoms with van der Waals surface area (Å²) < 4.78 is 18.1. The molecule has 0 saturated carbocycles. The number of para-hydroxylation sites is 1. The van der Waals surface area contributed by atoms with Crippen molar-refractivity contribution in [2.24, 2.45) is 5.73 Å². The SMILES string of the molecule is COc1cc(C(=O)NCCCn2ccc3ccccc32)cc(OC)c1OCC(N)=O. The molecule has 0 aliphatic carbocycles. The first-order valence-corrected chi connectivity index (χ1v) is 9.52. The number of aromatic nitrogens is 1. The van der Waals surface area contributed by atoms with E-state index in [4.69, 9.17) is 19.9 Å². The van der Waals surface area contributed by atoms with Crippen LogP contribution in [0.1, 0.15) is 16.8 Å². The van der Waals surface area contributed by atoms with Crippen LogP contribution in [0.4, 0.5) is 0 Å². The fraction of sp³-hybridized carbons (Fsp3) is 0.273. The number of primary amides is 1. The molecule has 3 N–H and O–H groups in total. The van der Waals surface area contributed by atoms with Crippen LogP contribution in [0.25, 0.3) is 10.9 Å². The number of rotatable bonds is 10. The third-order valence-corrected chi connectivity index (χ3v) is 4.62. The molecule has 1 aromatic heterocycles. The van der Waals surface area contributed by atoms with Crippen molar-refractivity contribution in [1.82, 2.24) is 9.88 Å². The Kier molecular flexibility index (Phi) is 6.79. The molecule has 8 nitrogen and oxygen atoms in total. The van der Waals surface area contributed by atoms with E-state index in [0.29, 0.717) is 12.1 Å². The Morgan fingerprint density at radius 1 is 1.07 bits per heavy atom. The zero-order valence-corrected chi connectivity index (χ0v) is 17.0. The molecule has 0 aliphatic rings. The van der Waals surface area contributed by atoms with Crippen LogP contribution in [0.15, 0.2) is 48.7 Å². The van der Waals surface area contributed by atoms with Gasteiger partial charge in [0.2, 0.25) is 5.75 Å². The average Bonchev–Trinajstić information content (AvgIpc) is 3.17. The Balaban J connectivity index is 1.62. The van der Waals surface area contributed by atoms with Crippen LogP contribution in [0.2, 0.25) is 0 Å². The molecule has 30 heavy (non-hydrogen) atoms. The normalized spacial score (nSPS) is 10.6. The molecule has 0 fully saturated rings. The summed E-state index contributed by atoms with van der Waals surface area (Å²) in [6.07, 6.45) is 2.82. The number of nitrogens with two attached hydrogens (primary N) is 1. The van der Waals surface area contributed by atoms with Crippen LogP contribution in [0.3, 0.4) is 0 Å². The first kappa shape index (κ1) is 21.0. The van der Waals surface area contributed by atoms with Gasteiger partial charge in [-0.15, -0.1) is 0 Å². The van der Waals surface area contributed by atoms with E-state index < -0.39 is 5.91 Å². The maximum atomic E-state index is 12.6. The highest BCUT2D eigenvalue weighted by Crippen LogP contribution is 2.38. The summed E-state index contributed by atoms with van der Waals surface area (Å²) in [6.45, 7) is 0.975. The van der Waals surface area contributed by atoms with Crippen molar-refractivity contribution >= 4 is 22.7 Å². The monoisotopic (exact) mass is 411 g/mol. The van der Waals surface area contributed by atoms with Crippen molar-refractivity contribution in [3.63, 3.8) is 0 Å². The van der Waals surface area contributed by atoms with Crippen molar-refractivity contribution in [2.75, 3.05) is 27.4 Å². The van der Waals surface area contributed by atoms with Crippen LogP contribution in [-0.4, -0.2) is 43.8 Å². The summed E-state index contributed by atoms with van der Waals surface area (Å²) in [6, 6.07) is 13.3. The smallest absolute Gasteiger partial charge is 0.255 e. The third kappa shape index (κ3) is 4.83. The van der Waals surface area contributed by atoms with E-state index in [0.717, 1.165) is 13.0 Å². The van der Waals surface area contributed by atoms with Gasteiger partial charge in [0, 0.05) is 30.4 Å². The van der Waals surface area contributed by atoms with Gasteiger partial charge in [-0.05, 0) is 36.1 Å². The molecule has 0 aliphatic heterocycles. The predicted octanol–water partition coefficient (Wildman–Crippen LogP) is 2.34. The maximum Gasteiger partial charge on any atom is 0.255 e. The van der Waals surface area contributed by atoms with Crippen molar-refractivity contribution in [2.45, 2.75) is 13.0 Å². The molecule has 2 amide bonds. The minimum Gasteiger partial charge on any atom is -0.493 e. The molecule has 8 heteroatoms. The van der Waals surface area contributed by atoms with E-state index in [2.05, 4.69) is 28.1 Å². The third-order valence-electron chi connectivity index (χ3n) is 4.62. The number of nitrogens with zero attached hydrogens (tertiary/aromatic N) is 1. The van der Waals surface area contributed by atoms with Gasteiger partial charge in [0.25, 0.3) is 11.8 Å². The number of amides is 2. The fourth-order valence-electron chi connectivity index (χ4n) is 3.19. The lowest BCUT2D eigenvalue weighted by molar-refractivity contribution is -0.120. The van der Waals surface area contributed by atoms with E-state index in [1.165, 1.54) is 37.3 Å². The fourth-order valence-corrected chi connectivity index (χ4v) is 3.19. The van der Waals surface area contributed by atoms with Crippen LogP contribution in [0, 0.1) is 0 Å². The molecule has 0 bridgehead atoms. The molecule has 0 saturated heterocycles. The highest BCUT2D eigenvalue weighted by molar-refractivity contribution is 5.95. The molecule has 0 spiro atoms. The second-order valence-corrected chi connectivity index (χ2v) is 6.64. The molecule has 1 heterocycles. The van der Waals surface area contributed by atoms with Gasteiger partial charge in [-0.2, -0.15) is 0 Å². The number of fused-ring (bicyclic) bond motifs is 1. The quantitative estimate of drug-likeness (QED) is 0.498. The molecular weight excluding hydrogens is 386 g/mol. The van der Waals surface area contributed by atoms with Gasteiger partial charge >= 0.3 is 0 Å². The van der Waals surface area contributed by atoms with Crippen molar-refractivity contribution in [3.8, 4) is 17.2 Å². The number of aryl methyl sites for hydroxylation is 1. The van der Waals surface area contributed by atoms with Crippen LogP contribution >= 0.6 is 0 Å². The number of carbonyl (C=O) groups is 2. The van der Waals surface area contributed by atoms with Gasteiger partial charge in [-0.3, -0.25) is 9.59 Å². The highest BCUT2D eigenvalue weighted by Gasteiger charge is 2.18. The lowest BCUT2D eigenvalue weighted by Crippen LogP contribution is -2.25. The Morgan fingerprint density at radius 3 is 2.43 bits per heavy atom. The highest BCUT2D eigenvalue weighted by atomic mass is 16.5. The number of hydrogen-bond acceptors (Lipinski definition) is 5. The van der Waals surface area contributed by atoms with Gasteiger partial charge in [0.1, 0.15) is 0 Å². The lowest BCUT2D eigenvalue weighted by Gasteiger charge is -2.15. The predicted molar refractivity (Wildman–Crippen MR) is 113 cm³/mol. The first-order valence-electron chi connectivity index (χ1n) is 9.52. The zero-order valence-electron chi connectivity index (χ0n) is 17.0. The summed E-state index contributed by atoms with van der Waals surface area (Å²) in [5, 5.41) is 4.10. The summed E-state index contributed by atoms with van der Waals surface area (Å²) >= 11 is 0. The summed E-state index contributed by atoms with van der Waals surface area (Å²) in [7, 11) is 2.88. The summed E-state index contributed by atoms with van der Waals surface area (Å²) in [4.78, 5) is 23.6. The van der Waals surface area contributed by atoms with E-state index in [-0.39, 0.29) is 29.8 Å². The second-order valence-electron chi connectivity index (χ2n) is 6.64. The molecular formula is C22H25N3O5. The van der Waals surface area contributed by atoms with Gasteiger partial charge in [-0.25, -0.2) is 0 Å². The molecule has 2 aromatic carbocycles. The number of benzene rings is 2. The average molecular weight is 411 g/mol. The van der Waals surface area contributed by atoms with Crippen LogP contribution in [-0.2, 0) is 11.3 Å². The van der Waals surface area contributed by atoms with Crippen molar-refractivity contribution in [3.05, 3.63) is 54.2 Å². The Morgan fingerprint density at radius 2 is 1.77 bits per heavy atom. The molecule has 0 atom stereocenters.